The lowest BCUT2D eigenvalue weighted by Gasteiger charge is -2.31. The van der Waals surface area contributed by atoms with Gasteiger partial charge < -0.3 is 19.4 Å². The maximum absolute atomic E-state index is 12.5. The number of benzene rings is 1. The smallest absolute Gasteiger partial charge is 0.340 e. The Labute approximate surface area is 203 Å². The summed E-state index contributed by atoms with van der Waals surface area (Å²) < 4.78 is 9.45. The normalized spacial score (nSPS) is 16.8. The van der Waals surface area contributed by atoms with Crippen molar-refractivity contribution in [3.8, 4) is 0 Å². The van der Waals surface area contributed by atoms with Crippen LogP contribution in [0, 0.1) is 5.92 Å². The zero-order valence-electron chi connectivity index (χ0n) is 18.1. The lowest BCUT2D eigenvalue weighted by Crippen LogP contribution is -2.36. The fourth-order valence-electron chi connectivity index (χ4n) is 3.99. The van der Waals surface area contributed by atoms with Crippen LogP contribution in [0.25, 0.3) is 10.9 Å². The quantitative estimate of drug-likeness (QED) is 0.361. The number of rotatable bonds is 9. The predicted molar refractivity (Wildman–Crippen MR) is 127 cm³/mol. The van der Waals surface area contributed by atoms with Crippen LogP contribution in [0.4, 0.5) is 0 Å². The van der Waals surface area contributed by atoms with Gasteiger partial charge in [0.2, 0.25) is 0 Å². The van der Waals surface area contributed by atoms with E-state index in [-0.39, 0.29) is 18.4 Å². The molecule has 1 saturated heterocycles. The van der Waals surface area contributed by atoms with E-state index in [9.17, 15) is 9.59 Å². The van der Waals surface area contributed by atoms with Gasteiger partial charge in [-0.05, 0) is 57.8 Å². The molecule has 1 fully saturated rings. The number of hydrogen-bond acceptors (Lipinski definition) is 5. The van der Waals surface area contributed by atoms with Crippen molar-refractivity contribution in [1.82, 2.24) is 9.88 Å². The summed E-state index contributed by atoms with van der Waals surface area (Å²) >= 11 is 17.2. The second kappa shape index (κ2) is 11.6. The van der Waals surface area contributed by atoms with Crippen molar-refractivity contribution in [2.75, 3.05) is 26.2 Å². The molecule has 0 aliphatic carbocycles. The van der Waals surface area contributed by atoms with E-state index in [1.165, 1.54) is 0 Å². The van der Waals surface area contributed by atoms with Gasteiger partial charge in [-0.2, -0.15) is 0 Å². The summed E-state index contributed by atoms with van der Waals surface area (Å²) in [6, 6.07) is 7.69. The average molecular weight is 504 g/mol. The van der Waals surface area contributed by atoms with Crippen LogP contribution in [0.5, 0.6) is 0 Å². The second-order valence-corrected chi connectivity index (χ2v) is 10.9. The van der Waals surface area contributed by atoms with E-state index in [0.717, 1.165) is 49.8 Å². The molecule has 3 rings (SSSR count). The van der Waals surface area contributed by atoms with E-state index in [2.05, 4.69) is 9.88 Å². The summed E-state index contributed by atoms with van der Waals surface area (Å²) in [7, 11) is 0. The molecular formula is C23H29Cl3N2O4. The zero-order valence-corrected chi connectivity index (χ0v) is 20.4. The van der Waals surface area contributed by atoms with Crippen LogP contribution in [0.3, 0.4) is 0 Å². The molecule has 0 radical (unpaired) electrons. The Hall–Kier alpha value is -1.47. The molecule has 1 N–H and O–H groups in total. The Kier molecular flexibility index (Phi) is 9.12. The van der Waals surface area contributed by atoms with Crippen molar-refractivity contribution in [1.29, 1.82) is 0 Å². The number of halogens is 3. The van der Waals surface area contributed by atoms with E-state index >= 15 is 0 Å². The molecule has 1 atom stereocenters. The number of piperidine rings is 1. The third-order valence-electron chi connectivity index (χ3n) is 5.67. The number of H-pyrrole nitrogens is 1. The van der Waals surface area contributed by atoms with Crippen molar-refractivity contribution in [2.45, 2.75) is 48.9 Å². The van der Waals surface area contributed by atoms with E-state index in [1.54, 1.807) is 13.1 Å². The van der Waals surface area contributed by atoms with Crippen LogP contribution in [0.2, 0.25) is 0 Å². The summed E-state index contributed by atoms with van der Waals surface area (Å²) in [5.74, 6) is -0.202. The molecule has 1 aromatic heterocycles. The van der Waals surface area contributed by atoms with Gasteiger partial charge in [0, 0.05) is 29.9 Å². The summed E-state index contributed by atoms with van der Waals surface area (Å²) in [6.45, 7) is 4.83. The molecule has 32 heavy (non-hydrogen) atoms. The first kappa shape index (κ1) is 25.2. The van der Waals surface area contributed by atoms with E-state index in [1.807, 2.05) is 24.3 Å². The maximum Gasteiger partial charge on any atom is 0.340 e. The number of fused-ring (bicyclic) bond motifs is 1. The van der Waals surface area contributed by atoms with Crippen molar-refractivity contribution < 1.29 is 19.1 Å². The van der Waals surface area contributed by atoms with E-state index < -0.39 is 9.90 Å². The van der Waals surface area contributed by atoms with E-state index in [4.69, 9.17) is 44.3 Å². The number of ether oxygens (including phenoxy) is 2. The largest absolute Gasteiger partial charge is 0.462 e. The number of likely N-dealkylation sites (tertiary alicyclic amines) is 1. The molecule has 0 spiro atoms. The molecular weight excluding hydrogens is 475 g/mol. The molecule has 0 amide bonds. The third-order valence-corrected chi connectivity index (χ3v) is 6.14. The van der Waals surface area contributed by atoms with Crippen molar-refractivity contribution in [3.05, 3.63) is 36.0 Å². The Morgan fingerprint density at radius 1 is 1.22 bits per heavy atom. The van der Waals surface area contributed by atoms with Crippen molar-refractivity contribution >= 4 is 57.6 Å². The molecule has 1 aliphatic heterocycles. The number of nitrogens with one attached hydrogen (secondary N) is 1. The summed E-state index contributed by atoms with van der Waals surface area (Å²) in [6.07, 6.45) is 4.43. The molecule has 0 bridgehead atoms. The van der Waals surface area contributed by atoms with Gasteiger partial charge in [-0.25, -0.2) is 4.79 Å². The van der Waals surface area contributed by atoms with Crippen LogP contribution in [-0.2, 0) is 14.3 Å². The highest BCUT2D eigenvalue weighted by Crippen LogP contribution is 2.32. The Morgan fingerprint density at radius 2 is 1.94 bits per heavy atom. The van der Waals surface area contributed by atoms with Gasteiger partial charge in [-0.15, -0.1) is 0 Å². The summed E-state index contributed by atoms with van der Waals surface area (Å²) in [5, 5.41) is 0.882. The minimum absolute atomic E-state index is 0.168. The lowest BCUT2D eigenvalue weighted by molar-refractivity contribution is -0.148. The minimum Gasteiger partial charge on any atom is -0.462 e. The van der Waals surface area contributed by atoms with Crippen molar-refractivity contribution in [3.63, 3.8) is 0 Å². The molecule has 1 unspecified atom stereocenters. The molecule has 6 nitrogen and oxygen atoms in total. The Balaban J connectivity index is 1.31. The van der Waals surface area contributed by atoms with Crippen LogP contribution >= 0.6 is 34.8 Å². The van der Waals surface area contributed by atoms with Crippen LogP contribution in [0.15, 0.2) is 30.5 Å². The zero-order chi connectivity index (χ0) is 23.1. The van der Waals surface area contributed by atoms with Gasteiger partial charge in [0.15, 0.2) is 3.79 Å². The number of hydrogen-bond donors (Lipinski definition) is 1. The topological polar surface area (TPSA) is 71.6 Å². The first-order valence-corrected chi connectivity index (χ1v) is 12.1. The molecule has 2 heterocycles. The predicted octanol–water partition coefficient (Wildman–Crippen LogP) is 5.51. The highest BCUT2D eigenvalue weighted by atomic mass is 35.6. The van der Waals surface area contributed by atoms with Crippen LogP contribution in [0.1, 0.15) is 49.4 Å². The Bertz CT molecular complexity index is 904. The number of nitrogens with zero attached hydrogens (tertiary/aromatic N) is 1. The van der Waals surface area contributed by atoms with Gasteiger partial charge in [0.05, 0.1) is 12.2 Å². The first-order chi connectivity index (χ1) is 15.2. The number of aromatic nitrogens is 1. The molecule has 1 aromatic carbocycles. The highest BCUT2D eigenvalue weighted by Gasteiger charge is 2.25. The lowest BCUT2D eigenvalue weighted by atomic mass is 9.97. The number of aromatic amines is 1. The second-order valence-electron chi connectivity index (χ2n) is 8.35. The van der Waals surface area contributed by atoms with Gasteiger partial charge in [-0.1, -0.05) is 53.0 Å². The summed E-state index contributed by atoms with van der Waals surface area (Å²) in [4.78, 5) is 29.8. The molecule has 9 heteroatoms. The average Bonchev–Trinajstić information content (AvgIpc) is 3.16. The maximum atomic E-state index is 12.5. The van der Waals surface area contributed by atoms with Crippen molar-refractivity contribution in [2.24, 2.45) is 5.92 Å². The SMILES string of the molecule is CC(CC(Cl)(Cl)Cl)OC(=O)CCCN1CCC(COC(=O)c2c[nH]c3ccccc23)CC1. The molecule has 1 aliphatic rings. The highest BCUT2D eigenvalue weighted by molar-refractivity contribution is 6.67. The molecule has 176 valence electrons. The van der Waals surface area contributed by atoms with Crippen LogP contribution in [-0.4, -0.2) is 58.0 Å². The van der Waals surface area contributed by atoms with Gasteiger partial charge in [0.1, 0.15) is 6.10 Å². The monoisotopic (exact) mass is 502 g/mol. The molecule has 2 aromatic rings. The number of esters is 2. The van der Waals surface area contributed by atoms with Crippen LogP contribution < -0.4 is 0 Å². The number of carbonyl (C=O) groups excluding carboxylic acids is 2. The van der Waals surface area contributed by atoms with Gasteiger partial charge >= 0.3 is 11.9 Å². The van der Waals surface area contributed by atoms with E-state index in [0.29, 0.717) is 24.5 Å². The number of carbonyl (C=O) groups is 2. The van der Waals surface area contributed by atoms with Gasteiger partial charge in [-0.3, -0.25) is 4.79 Å². The number of para-hydroxylation sites is 1. The Morgan fingerprint density at radius 3 is 2.66 bits per heavy atom. The molecule has 0 saturated carbocycles. The fourth-order valence-corrected chi connectivity index (χ4v) is 4.64. The third kappa shape index (κ3) is 7.84. The first-order valence-electron chi connectivity index (χ1n) is 10.9. The minimum atomic E-state index is -1.42. The summed E-state index contributed by atoms with van der Waals surface area (Å²) in [5.41, 5.74) is 1.50. The standard InChI is InChI=1S/C23H29Cl3N2O4/c1-16(13-23(24,25)26)32-21(29)7-4-10-28-11-8-17(9-12-28)15-31-22(30)19-14-27-20-6-3-2-5-18(19)20/h2-3,5-6,14,16-17,27H,4,7-13,15H2,1H3. The van der Waals surface area contributed by atoms with Gasteiger partial charge in [0.25, 0.3) is 0 Å². The number of alkyl halides is 3. The fraction of sp³-hybridized carbons (Fsp3) is 0.565.